The van der Waals surface area contributed by atoms with Crippen LogP contribution >= 0.6 is 0 Å². The Morgan fingerprint density at radius 3 is 1.93 bits per heavy atom. The number of rotatable bonds is 4. The molecule has 1 heterocycles. The van der Waals surface area contributed by atoms with Gasteiger partial charge in [0.05, 0.1) is 0 Å². The van der Waals surface area contributed by atoms with Gasteiger partial charge in [0.25, 0.3) is 0 Å². The van der Waals surface area contributed by atoms with Gasteiger partial charge in [-0.3, -0.25) is 0 Å². The van der Waals surface area contributed by atoms with Crippen LogP contribution in [0.3, 0.4) is 0 Å². The molecule has 4 nitrogen and oxygen atoms in total. The Labute approximate surface area is 234 Å². The van der Waals surface area contributed by atoms with E-state index in [1.54, 1.807) is 6.08 Å². The van der Waals surface area contributed by atoms with Crippen LogP contribution < -0.4 is 4.90 Å². The molecule has 4 aromatic rings. The van der Waals surface area contributed by atoms with Crippen molar-refractivity contribution in [3.05, 3.63) is 153 Å². The van der Waals surface area contributed by atoms with Crippen molar-refractivity contribution in [2.45, 2.75) is 11.5 Å². The van der Waals surface area contributed by atoms with E-state index in [2.05, 4.69) is 97.9 Å². The number of allylic oxidation sites excluding steroid dienone is 2. The Morgan fingerprint density at radius 2 is 1.35 bits per heavy atom. The summed E-state index contributed by atoms with van der Waals surface area (Å²) in [4.78, 5) is 2.12. The highest BCUT2D eigenvalue weighted by molar-refractivity contribution is 5.93. The van der Waals surface area contributed by atoms with Crippen molar-refractivity contribution in [1.82, 2.24) is 0 Å². The van der Waals surface area contributed by atoms with E-state index in [4.69, 9.17) is 15.3 Å². The van der Waals surface area contributed by atoms with Gasteiger partial charge in [-0.2, -0.15) is 10.5 Å². The fourth-order valence-corrected chi connectivity index (χ4v) is 6.47. The van der Waals surface area contributed by atoms with Gasteiger partial charge in [-0.05, 0) is 52.1 Å². The van der Waals surface area contributed by atoms with Gasteiger partial charge >= 0.3 is 0 Å². The standard InChI is InChI=1S/C36H25N3O/c1-39(2)27-17-15-26(16-18-27)34-32-20-33(25-13-11-23(12-14-25)19-24(21-37)22-38)40-36(32)30-9-5-3-7-28(30)35(34)29-8-4-6-10-31(29)36/h3-20,35H,1-2H3. The molecular weight excluding hydrogens is 490 g/mol. The predicted octanol–water partition coefficient (Wildman–Crippen LogP) is 7.41. The van der Waals surface area contributed by atoms with E-state index in [1.165, 1.54) is 39.0 Å². The second-order valence-corrected chi connectivity index (χ2v) is 10.6. The number of nitriles is 2. The SMILES string of the molecule is CN(C)c1ccc(C2=C3C=C(c4ccc(C=C(C#N)C#N)cc4)OC34c3ccccc3C2c2ccccc24)cc1. The molecule has 1 aliphatic heterocycles. The Morgan fingerprint density at radius 1 is 0.775 bits per heavy atom. The summed E-state index contributed by atoms with van der Waals surface area (Å²) in [6.07, 6.45) is 3.81. The molecule has 2 bridgehead atoms. The number of benzene rings is 4. The van der Waals surface area contributed by atoms with Gasteiger partial charge in [0.2, 0.25) is 0 Å². The lowest BCUT2D eigenvalue weighted by Gasteiger charge is -2.48. The van der Waals surface area contributed by atoms with Crippen LogP contribution in [0.1, 0.15) is 44.9 Å². The summed E-state index contributed by atoms with van der Waals surface area (Å²) in [6, 6.07) is 37.8. The number of ether oxygens (including phenoxy) is 1. The van der Waals surface area contributed by atoms with Crippen molar-refractivity contribution in [3.8, 4) is 12.1 Å². The van der Waals surface area contributed by atoms with E-state index < -0.39 is 5.60 Å². The van der Waals surface area contributed by atoms with Crippen LogP contribution in [0.5, 0.6) is 0 Å². The van der Waals surface area contributed by atoms with E-state index in [1.807, 2.05) is 36.4 Å². The van der Waals surface area contributed by atoms with E-state index >= 15 is 0 Å². The Hall–Kier alpha value is -5.32. The minimum atomic E-state index is -0.736. The lowest BCUT2D eigenvalue weighted by atomic mass is 9.58. The predicted molar refractivity (Wildman–Crippen MR) is 158 cm³/mol. The average Bonchev–Trinajstić information content (AvgIpc) is 3.42. The monoisotopic (exact) mass is 515 g/mol. The molecule has 0 saturated heterocycles. The molecule has 0 unspecified atom stereocenters. The maximum Gasteiger partial charge on any atom is 0.185 e. The van der Waals surface area contributed by atoms with Crippen molar-refractivity contribution in [1.29, 1.82) is 10.5 Å². The molecule has 0 radical (unpaired) electrons. The minimum absolute atomic E-state index is 0.0780. The quantitative estimate of drug-likeness (QED) is 0.266. The van der Waals surface area contributed by atoms with Crippen molar-refractivity contribution in [3.63, 3.8) is 0 Å². The first-order valence-corrected chi connectivity index (χ1v) is 13.3. The number of hydrogen-bond donors (Lipinski definition) is 0. The molecule has 0 fully saturated rings. The smallest absolute Gasteiger partial charge is 0.185 e. The Kier molecular flexibility index (Phi) is 5.27. The second kappa shape index (κ2) is 8.87. The molecule has 4 aromatic carbocycles. The van der Waals surface area contributed by atoms with Gasteiger partial charge in [-0.25, -0.2) is 0 Å². The van der Waals surface area contributed by atoms with Crippen LogP contribution in [0.4, 0.5) is 5.69 Å². The van der Waals surface area contributed by atoms with Gasteiger partial charge in [0, 0.05) is 48.0 Å². The fraction of sp³-hybridized carbons (Fsp3) is 0.111. The molecule has 0 atom stereocenters. The molecule has 1 spiro atoms. The highest BCUT2D eigenvalue weighted by atomic mass is 16.5. The van der Waals surface area contributed by atoms with Gasteiger partial charge in [-0.15, -0.1) is 0 Å². The molecule has 190 valence electrons. The van der Waals surface area contributed by atoms with E-state index in [0.717, 1.165) is 22.6 Å². The summed E-state index contributed by atoms with van der Waals surface area (Å²) < 4.78 is 7.13. The first-order valence-electron chi connectivity index (χ1n) is 13.3. The third-order valence-corrected chi connectivity index (χ3v) is 8.24. The highest BCUT2D eigenvalue weighted by Crippen LogP contribution is 2.65. The van der Waals surface area contributed by atoms with Gasteiger partial charge in [-0.1, -0.05) is 84.9 Å². The summed E-state index contributed by atoms with van der Waals surface area (Å²) in [5.74, 6) is 0.914. The third kappa shape index (κ3) is 3.30. The minimum Gasteiger partial charge on any atom is -0.472 e. The largest absolute Gasteiger partial charge is 0.472 e. The summed E-state index contributed by atoms with van der Waals surface area (Å²) >= 11 is 0. The van der Waals surface area contributed by atoms with Crippen LogP contribution in [0.25, 0.3) is 17.4 Å². The van der Waals surface area contributed by atoms with Crippen LogP contribution in [0, 0.1) is 22.7 Å². The molecule has 3 aliphatic carbocycles. The van der Waals surface area contributed by atoms with Crippen LogP contribution in [0.2, 0.25) is 0 Å². The molecule has 0 amide bonds. The Bertz CT molecular complexity index is 1800. The highest BCUT2D eigenvalue weighted by Gasteiger charge is 2.57. The van der Waals surface area contributed by atoms with E-state index in [9.17, 15) is 0 Å². The van der Waals surface area contributed by atoms with Crippen LogP contribution in [-0.4, -0.2) is 14.1 Å². The van der Waals surface area contributed by atoms with E-state index in [0.29, 0.717) is 0 Å². The van der Waals surface area contributed by atoms with Gasteiger partial charge in [0.15, 0.2) is 5.60 Å². The molecule has 40 heavy (non-hydrogen) atoms. The molecular formula is C36H25N3O. The maximum atomic E-state index is 9.14. The lowest BCUT2D eigenvalue weighted by Crippen LogP contribution is -2.41. The first kappa shape index (κ1) is 23.8. The van der Waals surface area contributed by atoms with Crippen molar-refractivity contribution >= 4 is 23.1 Å². The summed E-state index contributed by atoms with van der Waals surface area (Å²) in [5.41, 5.74) is 10.9. The van der Waals surface area contributed by atoms with E-state index in [-0.39, 0.29) is 11.5 Å². The molecule has 0 aromatic heterocycles. The zero-order valence-electron chi connectivity index (χ0n) is 22.2. The zero-order chi connectivity index (χ0) is 27.4. The van der Waals surface area contributed by atoms with Crippen molar-refractivity contribution in [2.75, 3.05) is 19.0 Å². The number of nitrogens with zero attached hydrogens (tertiary/aromatic N) is 3. The third-order valence-electron chi connectivity index (χ3n) is 8.24. The maximum absolute atomic E-state index is 9.14. The molecule has 4 heteroatoms. The topological polar surface area (TPSA) is 60.0 Å². The second-order valence-electron chi connectivity index (χ2n) is 10.6. The zero-order valence-corrected chi connectivity index (χ0v) is 22.2. The molecule has 0 N–H and O–H groups in total. The van der Waals surface area contributed by atoms with Gasteiger partial charge < -0.3 is 9.64 Å². The molecule has 8 rings (SSSR count). The normalized spacial score (nSPS) is 19.3. The number of anilines is 1. The Balaban J connectivity index is 1.44. The first-order chi connectivity index (χ1) is 19.5. The lowest BCUT2D eigenvalue weighted by molar-refractivity contribution is 0.126. The summed E-state index contributed by atoms with van der Waals surface area (Å²) in [5, 5.41) is 18.3. The van der Waals surface area contributed by atoms with Gasteiger partial charge in [0.1, 0.15) is 23.5 Å². The average molecular weight is 516 g/mol. The molecule has 0 saturated carbocycles. The summed E-state index contributed by atoms with van der Waals surface area (Å²) in [7, 11) is 4.12. The summed E-state index contributed by atoms with van der Waals surface area (Å²) in [6.45, 7) is 0. The number of hydrogen-bond acceptors (Lipinski definition) is 4. The van der Waals surface area contributed by atoms with Crippen LogP contribution in [0.15, 0.2) is 114 Å². The molecule has 4 aliphatic rings. The van der Waals surface area contributed by atoms with Crippen molar-refractivity contribution < 1.29 is 4.74 Å². The fourth-order valence-electron chi connectivity index (χ4n) is 6.47. The van der Waals surface area contributed by atoms with Crippen molar-refractivity contribution in [2.24, 2.45) is 0 Å². The van der Waals surface area contributed by atoms with Crippen LogP contribution in [-0.2, 0) is 10.3 Å².